The van der Waals surface area contributed by atoms with E-state index in [1.165, 1.54) is 6.08 Å². The van der Waals surface area contributed by atoms with Crippen LogP contribution in [0.25, 0.3) is 6.08 Å². The van der Waals surface area contributed by atoms with Crippen molar-refractivity contribution in [2.75, 3.05) is 26.1 Å². The van der Waals surface area contributed by atoms with Gasteiger partial charge in [-0.05, 0) is 42.8 Å². The van der Waals surface area contributed by atoms with Gasteiger partial charge < -0.3 is 19.5 Å². The van der Waals surface area contributed by atoms with Crippen LogP contribution in [0.3, 0.4) is 0 Å². The average molecular weight is 327 g/mol. The van der Waals surface area contributed by atoms with Gasteiger partial charge in [-0.3, -0.25) is 4.79 Å². The predicted octanol–water partition coefficient (Wildman–Crippen LogP) is 3.75. The predicted molar refractivity (Wildman–Crippen MR) is 94.8 cm³/mol. The first-order chi connectivity index (χ1) is 11.7. The van der Waals surface area contributed by atoms with Crippen LogP contribution in [-0.4, -0.2) is 26.7 Å². The number of anilines is 1. The van der Waals surface area contributed by atoms with Crippen LogP contribution >= 0.6 is 0 Å². The zero-order chi connectivity index (χ0) is 17.4. The summed E-state index contributed by atoms with van der Waals surface area (Å²) >= 11 is 0. The van der Waals surface area contributed by atoms with Crippen molar-refractivity contribution in [3.8, 4) is 17.2 Å². The van der Waals surface area contributed by atoms with Gasteiger partial charge in [0.1, 0.15) is 17.2 Å². The van der Waals surface area contributed by atoms with Crippen LogP contribution in [0.5, 0.6) is 17.2 Å². The molecule has 0 heterocycles. The van der Waals surface area contributed by atoms with Gasteiger partial charge in [-0.15, -0.1) is 0 Å². The van der Waals surface area contributed by atoms with Crippen LogP contribution in [0, 0.1) is 0 Å². The molecule has 1 N–H and O–H groups in total. The van der Waals surface area contributed by atoms with Crippen LogP contribution in [-0.2, 0) is 4.79 Å². The number of benzene rings is 2. The lowest BCUT2D eigenvalue weighted by atomic mass is 10.2. The third-order valence-electron chi connectivity index (χ3n) is 3.28. The fourth-order valence-electron chi connectivity index (χ4n) is 2.09. The molecular weight excluding hydrogens is 306 g/mol. The highest BCUT2D eigenvalue weighted by atomic mass is 16.5. The minimum atomic E-state index is -0.243. The summed E-state index contributed by atoms with van der Waals surface area (Å²) in [6.07, 6.45) is 3.21. The van der Waals surface area contributed by atoms with Crippen molar-refractivity contribution in [1.82, 2.24) is 0 Å². The largest absolute Gasteiger partial charge is 0.497 e. The molecule has 0 saturated carbocycles. The Morgan fingerprint density at radius 2 is 1.75 bits per heavy atom. The van der Waals surface area contributed by atoms with Crippen molar-refractivity contribution in [2.24, 2.45) is 0 Å². The summed E-state index contributed by atoms with van der Waals surface area (Å²) in [4.78, 5) is 12.1. The summed E-state index contributed by atoms with van der Waals surface area (Å²) in [5.74, 6) is 1.77. The topological polar surface area (TPSA) is 56.8 Å². The van der Waals surface area contributed by atoms with Crippen molar-refractivity contribution < 1.29 is 19.0 Å². The van der Waals surface area contributed by atoms with E-state index >= 15 is 0 Å². The van der Waals surface area contributed by atoms with Crippen LogP contribution in [0.1, 0.15) is 12.5 Å². The Kier molecular flexibility index (Phi) is 6.25. The Bertz CT molecular complexity index is 708. The van der Waals surface area contributed by atoms with Crippen molar-refractivity contribution in [3.05, 3.63) is 54.1 Å². The summed E-state index contributed by atoms with van der Waals surface area (Å²) in [5, 5.41) is 2.78. The molecule has 5 nitrogen and oxygen atoms in total. The van der Waals surface area contributed by atoms with E-state index in [1.807, 2.05) is 31.2 Å². The first-order valence-electron chi connectivity index (χ1n) is 7.60. The van der Waals surface area contributed by atoms with E-state index in [2.05, 4.69) is 5.32 Å². The molecule has 0 aliphatic heterocycles. The van der Waals surface area contributed by atoms with E-state index in [9.17, 15) is 4.79 Å². The summed E-state index contributed by atoms with van der Waals surface area (Å²) in [7, 11) is 3.12. The maximum atomic E-state index is 12.1. The van der Waals surface area contributed by atoms with E-state index in [0.29, 0.717) is 23.8 Å². The van der Waals surface area contributed by atoms with E-state index in [0.717, 1.165) is 11.3 Å². The minimum absolute atomic E-state index is 0.243. The molecule has 0 unspecified atom stereocenters. The Labute approximate surface area is 141 Å². The zero-order valence-electron chi connectivity index (χ0n) is 14.0. The molecule has 0 atom stereocenters. The van der Waals surface area contributed by atoms with Gasteiger partial charge in [0.15, 0.2) is 0 Å². The number of carbonyl (C=O) groups excluding carboxylic acids is 1. The molecule has 0 aliphatic carbocycles. The standard InChI is InChI=1S/C19H21NO4/c1-4-24-15-8-5-14(6-9-15)7-12-19(21)20-17-11-10-16(22-2)13-18(17)23-3/h5-13H,4H2,1-3H3,(H,20,21)/b12-7+. The molecule has 2 aromatic rings. The van der Waals surface area contributed by atoms with Crippen LogP contribution < -0.4 is 19.5 Å². The third kappa shape index (κ3) is 4.78. The highest BCUT2D eigenvalue weighted by Crippen LogP contribution is 2.29. The van der Waals surface area contributed by atoms with Gasteiger partial charge in [0, 0.05) is 12.1 Å². The minimum Gasteiger partial charge on any atom is -0.497 e. The fourth-order valence-corrected chi connectivity index (χ4v) is 2.09. The summed E-state index contributed by atoms with van der Waals surface area (Å²) in [6, 6.07) is 12.7. The van der Waals surface area contributed by atoms with Gasteiger partial charge >= 0.3 is 0 Å². The van der Waals surface area contributed by atoms with Gasteiger partial charge in [0.2, 0.25) is 5.91 Å². The molecule has 0 aromatic heterocycles. The quantitative estimate of drug-likeness (QED) is 0.787. The Balaban J connectivity index is 2.02. The molecule has 126 valence electrons. The maximum absolute atomic E-state index is 12.1. The highest BCUT2D eigenvalue weighted by molar-refractivity contribution is 6.02. The lowest BCUT2D eigenvalue weighted by Gasteiger charge is -2.10. The summed E-state index contributed by atoms with van der Waals surface area (Å²) in [6.45, 7) is 2.56. The Morgan fingerprint density at radius 1 is 1.04 bits per heavy atom. The number of hydrogen-bond acceptors (Lipinski definition) is 4. The lowest BCUT2D eigenvalue weighted by molar-refractivity contribution is -0.111. The van der Waals surface area contributed by atoms with Gasteiger partial charge in [-0.1, -0.05) is 12.1 Å². The molecule has 2 aromatic carbocycles. The number of hydrogen-bond donors (Lipinski definition) is 1. The van der Waals surface area contributed by atoms with Crippen molar-refractivity contribution in [2.45, 2.75) is 6.92 Å². The second-order valence-corrected chi connectivity index (χ2v) is 4.89. The second kappa shape index (κ2) is 8.62. The molecule has 2 rings (SSSR count). The van der Waals surface area contributed by atoms with Crippen LogP contribution in [0.2, 0.25) is 0 Å². The monoisotopic (exact) mass is 327 g/mol. The molecule has 0 aliphatic rings. The number of methoxy groups -OCH3 is 2. The SMILES string of the molecule is CCOc1ccc(/C=C/C(=O)Nc2ccc(OC)cc2OC)cc1. The number of amides is 1. The van der Waals surface area contributed by atoms with Crippen molar-refractivity contribution in [1.29, 1.82) is 0 Å². The van der Waals surface area contributed by atoms with E-state index < -0.39 is 0 Å². The number of carbonyl (C=O) groups is 1. The van der Waals surface area contributed by atoms with E-state index in [1.54, 1.807) is 38.5 Å². The first-order valence-corrected chi connectivity index (χ1v) is 7.60. The maximum Gasteiger partial charge on any atom is 0.248 e. The first kappa shape index (κ1) is 17.4. The van der Waals surface area contributed by atoms with Gasteiger partial charge in [-0.25, -0.2) is 0 Å². The van der Waals surface area contributed by atoms with Crippen LogP contribution in [0.15, 0.2) is 48.5 Å². The van der Waals surface area contributed by atoms with Gasteiger partial charge in [0.25, 0.3) is 0 Å². The molecule has 24 heavy (non-hydrogen) atoms. The normalized spacial score (nSPS) is 10.5. The van der Waals surface area contributed by atoms with E-state index in [-0.39, 0.29) is 5.91 Å². The molecule has 0 bridgehead atoms. The van der Waals surface area contributed by atoms with Crippen molar-refractivity contribution >= 4 is 17.7 Å². The molecule has 0 saturated heterocycles. The summed E-state index contributed by atoms with van der Waals surface area (Å²) in [5.41, 5.74) is 1.50. The number of ether oxygens (including phenoxy) is 3. The Morgan fingerprint density at radius 3 is 2.38 bits per heavy atom. The molecule has 5 heteroatoms. The highest BCUT2D eigenvalue weighted by Gasteiger charge is 2.07. The second-order valence-electron chi connectivity index (χ2n) is 4.89. The van der Waals surface area contributed by atoms with E-state index in [4.69, 9.17) is 14.2 Å². The molecular formula is C19H21NO4. The fraction of sp³-hybridized carbons (Fsp3) is 0.211. The third-order valence-corrected chi connectivity index (χ3v) is 3.28. The smallest absolute Gasteiger partial charge is 0.248 e. The zero-order valence-corrected chi connectivity index (χ0v) is 14.0. The lowest BCUT2D eigenvalue weighted by Crippen LogP contribution is -2.09. The van der Waals surface area contributed by atoms with Gasteiger partial charge in [0.05, 0.1) is 26.5 Å². The number of rotatable bonds is 7. The molecule has 0 spiro atoms. The molecule has 0 fully saturated rings. The molecule has 0 radical (unpaired) electrons. The average Bonchev–Trinajstić information content (AvgIpc) is 2.61. The molecule has 1 amide bonds. The Hall–Kier alpha value is -2.95. The van der Waals surface area contributed by atoms with Gasteiger partial charge in [-0.2, -0.15) is 0 Å². The summed E-state index contributed by atoms with van der Waals surface area (Å²) < 4.78 is 15.8. The number of nitrogens with one attached hydrogen (secondary N) is 1. The van der Waals surface area contributed by atoms with Crippen molar-refractivity contribution in [3.63, 3.8) is 0 Å². The van der Waals surface area contributed by atoms with Crippen LogP contribution in [0.4, 0.5) is 5.69 Å².